The van der Waals surface area contributed by atoms with Gasteiger partial charge in [-0.25, -0.2) is 0 Å². The monoisotopic (exact) mass is 228 g/mol. The summed E-state index contributed by atoms with van der Waals surface area (Å²) in [6, 6.07) is 0.153. The minimum Gasteiger partial charge on any atom is -0.406 e. The summed E-state index contributed by atoms with van der Waals surface area (Å²) >= 11 is 0. The summed E-state index contributed by atoms with van der Waals surface area (Å²) in [6.07, 6.45) is 0. The van der Waals surface area contributed by atoms with Crippen molar-refractivity contribution in [2.75, 3.05) is 25.1 Å². The molecule has 0 saturated heterocycles. The van der Waals surface area contributed by atoms with E-state index in [1.807, 2.05) is 0 Å². The SMILES string of the molecule is CC(C)COCCNc1nnc(C(C)N)o1. The fourth-order valence-corrected chi connectivity index (χ4v) is 1.04. The van der Waals surface area contributed by atoms with E-state index in [0.29, 0.717) is 31.0 Å². The van der Waals surface area contributed by atoms with Crippen molar-refractivity contribution in [1.29, 1.82) is 0 Å². The molecule has 1 rings (SSSR count). The van der Waals surface area contributed by atoms with E-state index >= 15 is 0 Å². The topological polar surface area (TPSA) is 86.2 Å². The van der Waals surface area contributed by atoms with Crippen LogP contribution in [0, 0.1) is 5.92 Å². The molecule has 6 heteroatoms. The molecule has 0 aromatic carbocycles. The van der Waals surface area contributed by atoms with E-state index in [9.17, 15) is 0 Å². The number of nitrogens with zero attached hydrogens (tertiary/aromatic N) is 2. The molecule has 0 radical (unpaired) electrons. The van der Waals surface area contributed by atoms with Crippen LogP contribution in [-0.2, 0) is 4.74 Å². The number of nitrogens with one attached hydrogen (secondary N) is 1. The summed E-state index contributed by atoms with van der Waals surface area (Å²) in [4.78, 5) is 0. The van der Waals surface area contributed by atoms with Crippen molar-refractivity contribution < 1.29 is 9.15 Å². The number of hydrogen-bond donors (Lipinski definition) is 2. The molecule has 92 valence electrons. The Morgan fingerprint density at radius 2 is 2.12 bits per heavy atom. The molecule has 0 saturated carbocycles. The predicted octanol–water partition coefficient (Wildman–Crippen LogP) is 1.17. The van der Waals surface area contributed by atoms with Crippen LogP contribution in [0.5, 0.6) is 0 Å². The van der Waals surface area contributed by atoms with Crippen LogP contribution in [0.1, 0.15) is 32.7 Å². The second kappa shape index (κ2) is 6.44. The molecule has 1 heterocycles. The molecule has 0 aliphatic carbocycles. The van der Waals surface area contributed by atoms with E-state index in [1.54, 1.807) is 6.92 Å². The fourth-order valence-electron chi connectivity index (χ4n) is 1.04. The lowest BCUT2D eigenvalue weighted by Gasteiger charge is -2.06. The first-order valence-corrected chi connectivity index (χ1v) is 5.50. The van der Waals surface area contributed by atoms with E-state index in [0.717, 1.165) is 6.61 Å². The molecule has 1 unspecified atom stereocenters. The highest BCUT2D eigenvalue weighted by Crippen LogP contribution is 2.10. The summed E-state index contributed by atoms with van der Waals surface area (Å²) in [5.74, 6) is 0.985. The van der Waals surface area contributed by atoms with Gasteiger partial charge in [-0.15, -0.1) is 5.10 Å². The smallest absolute Gasteiger partial charge is 0.315 e. The molecule has 3 N–H and O–H groups in total. The van der Waals surface area contributed by atoms with Gasteiger partial charge in [-0.3, -0.25) is 0 Å². The number of nitrogens with two attached hydrogens (primary N) is 1. The molecular formula is C10H20N4O2. The van der Waals surface area contributed by atoms with Gasteiger partial charge in [0.1, 0.15) is 0 Å². The Labute approximate surface area is 95.6 Å². The van der Waals surface area contributed by atoms with Crippen molar-refractivity contribution in [3.63, 3.8) is 0 Å². The zero-order valence-corrected chi connectivity index (χ0v) is 10.1. The molecule has 1 atom stereocenters. The first kappa shape index (κ1) is 12.9. The Bertz CT molecular complexity index is 299. The normalized spacial score (nSPS) is 13.1. The van der Waals surface area contributed by atoms with Crippen LogP contribution in [0.4, 0.5) is 6.01 Å². The zero-order valence-electron chi connectivity index (χ0n) is 10.1. The van der Waals surface area contributed by atoms with E-state index < -0.39 is 0 Å². The highest BCUT2D eigenvalue weighted by Gasteiger charge is 2.08. The van der Waals surface area contributed by atoms with Gasteiger partial charge >= 0.3 is 6.01 Å². The van der Waals surface area contributed by atoms with E-state index in [-0.39, 0.29) is 6.04 Å². The van der Waals surface area contributed by atoms with Crippen molar-refractivity contribution in [3.8, 4) is 0 Å². The van der Waals surface area contributed by atoms with Crippen molar-refractivity contribution in [1.82, 2.24) is 10.2 Å². The van der Waals surface area contributed by atoms with Crippen LogP contribution < -0.4 is 11.1 Å². The Hall–Kier alpha value is -1.14. The third-order valence-corrected chi connectivity index (χ3v) is 1.80. The van der Waals surface area contributed by atoms with E-state index in [2.05, 4.69) is 29.4 Å². The van der Waals surface area contributed by atoms with Gasteiger partial charge in [0.15, 0.2) is 0 Å². The number of aromatic nitrogens is 2. The Morgan fingerprint density at radius 1 is 1.38 bits per heavy atom. The lowest BCUT2D eigenvalue weighted by Crippen LogP contribution is -2.12. The molecule has 1 aromatic rings. The van der Waals surface area contributed by atoms with Gasteiger partial charge in [-0.05, 0) is 12.8 Å². The number of rotatable bonds is 7. The summed E-state index contributed by atoms with van der Waals surface area (Å²) in [5.41, 5.74) is 5.59. The van der Waals surface area contributed by atoms with Crippen molar-refractivity contribution in [2.24, 2.45) is 11.7 Å². The minimum absolute atomic E-state index is 0.236. The summed E-state index contributed by atoms with van der Waals surface area (Å²) < 4.78 is 10.7. The van der Waals surface area contributed by atoms with Crippen molar-refractivity contribution >= 4 is 6.01 Å². The molecule has 0 spiro atoms. The van der Waals surface area contributed by atoms with Gasteiger partial charge in [0, 0.05) is 13.2 Å². The third kappa shape index (κ3) is 4.59. The van der Waals surface area contributed by atoms with Gasteiger partial charge in [-0.2, -0.15) is 0 Å². The molecule has 1 aromatic heterocycles. The number of hydrogen-bond acceptors (Lipinski definition) is 6. The Balaban J connectivity index is 2.17. The largest absolute Gasteiger partial charge is 0.406 e. The summed E-state index contributed by atoms with van der Waals surface area (Å²) in [7, 11) is 0. The maximum atomic E-state index is 5.59. The van der Waals surface area contributed by atoms with Gasteiger partial charge in [0.05, 0.1) is 12.6 Å². The molecule has 0 fully saturated rings. The molecule has 0 aliphatic heterocycles. The third-order valence-electron chi connectivity index (χ3n) is 1.80. The molecule has 0 bridgehead atoms. The second-order valence-corrected chi connectivity index (χ2v) is 4.13. The maximum absolute atomic E-state index is 5.59. The standard InChI is InChI=1S/C10H20N4O2/c1-7(2)6-15-5-4-12-10-14-13-9(16-10)8(3)11/h7-8H,4-6,11H2,1-3H3,(H,12,14). The minimum atomic E-state index is -0.236. The van der Waals surface area contributed by atoms with Crippen LogP contribution in [0.2, 0.25) is 0 Å². The van der Waals surface area contributed by atoms with Crippen LogP contribution in [0.3, 0.4) is 0 Å². The fraction of sp³-hybridized carbons (Fsp3) is 0.800. The zero-order chi connectivity index (χ0) is 12.0. The highest BCUT2D eigenvalue weighted by atomic mass is 16.5. The molecular weight excluding hydrogens is 208 g/mol. The van der Waals surface area contributed by atoms with E-state index in [4.69, 9.17) is 14.9 Å². The quantitative estimate of drug-likeness (QED) is 0.681. The summed E-state index contributed by atoms with van der Waals surface area (Å²) in [6.45, 7) is 8.04. The van der Waals surface area contributed by atoms with Gasteiger partial charge in [-0.1, -0.05) is 18.9 Å². The van der Waals surface area contributed by atoms with Crippen LogP contribution in [0.15, 0.2) is 4.42 Å². The van der Waals surface area contributed by atoms with Gasteiger partial charge in [0.25, 0.3) is 0 Å². The first-order valence-electron chi connectivity index (χ1n) is 5.50. The number of ether oxygens (including phenoxy) is 1. The van der Waals surface area contributed by atoms with Crippen LogP contribution in [-0.4, -0.2) is 30.0 Å². The summed E-state index contributed by atoms with van der Waals surface area (Å²) in [5, 5.41) is 10.6. The first-order chi connectivity index (χ1) is 7.59. The molecule has 6 nitrogen and oxygen atoms in total. The van der Waals surface area contributed by atoms with E-state index in [1.165, 1.54) is 0 Å². The lowest BCUT2D eigenvalue weighted by molar-refractivity contribution is 0.118. The average Bonchev–Trinajstić information content (AvgIpc) is 2.65. The molecule has 0 aliphatic rings. The van der Waals surface area contributed by atoms with Gasteiger partial charge in [0.2, 0.25) is 5.89 Å². The number of anilines is 1. The molecule has 0 amide bonds. The Morgan fingerprint density at radius 3 is 2.69 bits per heavy atom. The maximum Gasteiger partial charge on any atom is 0.315 e. The van der Waals surface area contributed by atoms with Crippen LogP contribution >= 0.6 is 0 Å². The van der Waals surface area contributed by atoms with Crippen LogP contribution in [0.25, 0.3) is 0 Å². The van der Waals surface area contributed by atoms with Crippen molar-refractivity contribution in [2.45, 2.75) is 26.8 Å². The predicted molar refractivity (Wildman–Crippen MR) is 61.0 cm³/mol. The van der Waals surface area contributed by atoms with Gasteiger partial charge < -0.3 is 20.2 Å². The molecule has 16 heavy (non-hydrogen) atoms. The highest BCUT2D eigenvalue weighted by molar-refractivity contribution is 5.16. The average molecular weight is 228 g/mol. The lowest BCUT2D eigenvalue weighted by atomic mass is 10.2. The Kier molecular flexibility index (Phi) is 5.21. The second-order valence-electron chi connectivity index (χ2n) is 4.13. The van der Waals surface area contributed by atoms with Crippen molar-refractivity contribution in [3.05, 3.63) is 5.89 Å².